The predicted molar refractivity (Wildman–Crippen MR) is 307 cm³/mol. The first-order valence-corrected chi connectivity index (χ1v) is 29.6. The summed E-state index contributed by atoms with van der Waals surface area (Å²) in [5, 5.41) is 35.0. The molecule has 3 aromatic carbocycles. The fraction of sp³-hybridized carbons (Fsp3) is 0.492. The molecule has 420 valence electrons. The fourth-order valence-electron chi connectivity index (χ4n) is 13.2. The quantitative estimate of drug-likeness (QED) is 0.0674. The van der Waals surface area contributed by atoms with E-state index >= 15 is 4.39 Å². The van der Waals surface area contributed by atoms with Crippen molar-refractivity contribution < 1.29 is 33.5 Å². The number of carbonyl (C=O) groups is 2. The van der Waals surface area contributed by atoms with Gasteiger partial charge in [-0.2, -0.15) is 9.97 Å². The Bertz CT molecular complexity index is 3380. The van der Waals surface area contributed by atoms with Crippen LogP contribution in [-0.4, -0.2) is 140 Å². The molecule has 4 N–H and O–H groups in total. The van der Waals surface area contributed by atoms with Gasteiger partial charge in [0.1, 0.15) is 41.3 Å². The summed E-state index contributed by atoms with van der Waals surface area (Å²) >= 11 is 1.59. The van der Waals surface area contributed by atoms with Crippen LogP contribution in [0.15, 0.2) is 76.9 Å². The maximum Gasteiger partial charge on any atom is 0.319 e. The Hall–Kier alpha value is -6.80. The predicted octanol–water partition coefficient (Wildman–Crippen LogP) is 8.81. The fourth-order valence-corrected chi connectivity index (χ4v) is 14.0. The first-order valence-electron chi connectivity index (χ1n) is 28.7. The largest absolute Gasteiger partial charge is 0.508 e. The number of piperazine rings is 1. The number of benzene rings is 3. The molecule has 0 radical (unpaired) electrons. The summed E-state index contributed by atoms with van der Waals surface area (Å²) in [5.74, 6) is 1.04. The number of phenolic OH excluding ortho intramolecular Hbond substituents is 1. The number of phenols is 1. The second-order valence-electron chi connectivity index (χ2n) is 23.4. The molecule has 0 aliphatic carbocycles. The maximum absolute atomic E-state index is 17.1. The van der Waals surface area contributed by atoms with Crippen LogP contribution in [0, 0.1) is 30.5 Å². The molecule has 9 heterocycles. The number of amides is 2. The van der Waals surface area contributed by atoms with Crippen molar-refractivity contribution >= 4 is 56.5 Å². The zero-order chi connectivity index (χ0) is 55.3. The Labute approximate surface area is 469 Å². The number of nitrogens with one attached hydrogen (secondary N) is 2. The molecule has 7 aromatic rings. The Morgan fingerprint density at radius 1 is 0.938 bits per heavy atom. The third kappa shape index (κ3) is 10.8. The van der Waals surface area contributed by atoms with E-state index in [1.54, 1.807) is 29.7 Å². The number of pyridine rings is 1. The normalized spacial score (nSPS) is 21.7. The van der Waals surface area contributed by atoms with Gasteiger partial charge in [0, 0.05) is 75.6 Å². The number of ether oxygens (including phenoxy) is 1. The average molecular weight is 1110 g/mol. The summed E-state index contributed by atoms with van der Waals surface area (Å²) in [4.78, 5) is 56.5. The number of aromatic nitrogens is 5. The average Bonchev–Trinajstić information content (AvgIpc) is 4.30. The van der Waals surface area contributed by atoms with Crippen molar-refractivity contribution in [1.82, 2.24) is 45.5 Å². The molecule has 19 heteroatoms. The molecule has 5 aliphatic rings. The number of aliphatic hydroxyl groups is 1. The number of β-amino-alcohol motifs (C(OH)–C–C–N with tert-alkyl or cyclic N) is 1. The molecule has 17 nitrogen and oxygen atoms in total. The molecule has 5 saturated heterocycles. The van der Waals surface area contributed by atoms with Crippen molar-refractivity contribution in [3.63, 3.8) is 0 Å². The number of anilines is 2. The van der Waals surface area contributed by atoms with Gasteiger partial charge in [0.2, 0.25) is 11.8 Å². The van der Waals surface area contributed by atoms with E-state index in [9.17, 15) is 19.8 Å². The summed E-state index contributed by atoms with van der Waals surface area (Å²) in [6.45, 7) is 16.2. The highest BCUT2D eigenvalue weighted by Gasteiger charge is 2.44. The maximum atomic E-state index is 17.1. The minimum atomic E-state index is -0.816. The molecule has 2 bridgehead atoms. The van der Waals surface area contributed by atoms with Gasteiger partial charge in [0.05, 0.1) is 33.6 Å². The molecule has 12 rings (SSSR count). The van der Waals surface area contributed by atoms with E-state index in [1.807, 2.05) is 81.7 Å². The van der Waals surface area contributed by atoms with Gasteiger partial charge in [-0.25, -0.2) is 9.37 Å². The van der Waals surface area contributed by atoms with Crippen LogP contribution in [0.2, 0.25) is 0 Å². The van der Waals surface area contributed by atoms with Gasteiger partial charge in [0.25, 0.3) is 0 Å². The highest BCUT2D eigenvalue weighted by molar-refractivity contribution is 7.13. The molecule has 5 aliphatic heterocycles. The molecule has 5 fully saturated rings. The van der Waals surface area contributed by atoms with Crippen molar-refractivity contribution in [2.75, 3.05) is 68.8 Å². The van der Waals surface area contributed by atoms with Crippen LogP contribution in [0.4, 0.5) is 16.0 Å². The number of halogens is 1. The van der Waals surface area contributed by atoms with E-state index in [-0.39, 0.29) is 59.7 Å². The minimum Gasteiger partial charge on any atom is -0.508 e. The SMILES string of the molecule is CCc1cccc2cc(O)cc(-c3ncc4c(N5CC6CCC(C5)N6)nc(OCCN5CCC(CC6CN(c7cc([C@H](C(=O)N8C[C@H](O)C[C@H]8C(=O)N[C@@H](C)c8ccc(-c9scnc9C)cc8)C(C)C)on7)C6)CC5)nc4c3F)c12. The van der Waals surface area contributed by atoms with Crippen molar-refractivity contribution in [2.24, 2.45) is 17.8 Å². The monoisotopic (exact) mass is 1110 g/mol. The molecule has 0 spiro atoms. The van der Waals surface area contributed by atoms with Gasteiger partial charge in [-0.05, 0) is 123 Å². The molecule has 80 heavy (non-hydrogen) atoms. The van der Waals surface area contributed by atoms with Gasteiger partial charge < -0.3 is 44.8 Å². The topological polar surface area (TPSA) is 198 Å². The lowest BCUT2D eigenvalue weighted by atomic mass is 9.83. The minimum absolute atomic E-state index is 0.0438. The summed E-state index contributed by atoms with van der Waals surface area (Å²) in [6, 6.07) is 18.9. The van der Waals surface area contributed by atoms with Crippen LogP contribution in [0.3, 0.4) is 0 Å². The number of hydrogen-bond acceptors (Lipinski definition) is 16. The number of piperidine rings is 1. The Balaban J connectivity index is 0.640. The summed E-state index contributed by atoms with van der Waals surface area (Å²) in [7, 11) is 0. The van der Waals surface area contributed by atoms with Crippen LogP contribution in [-0.2, 0) is 16.0 Å². The summed E-state index contributed by atoms with van der Waals surface area (Å²) in [5.41, 5.74) is 6.69. The highest BCUT2D eigenvalue weighted by atomic mass is 32.1. The Morgan fingerprint density at radius 2 is 1.71 bits per heavy atom. The first-order chi connectivity index (χ1) is 38.7. The van der Waals surface area contributed by atoms with E-state index in [0.29, 0.717) is 65.4 Å². The lowest BCUT2D eigenvalue weighted by Gasteiger charge is -2.42. The van der Waals surface area contributed by atoms with Gasteiger partial charge >= 0.3 is 6.01 Å². The molecule has 2 unspecified atom stereocenters. The van der Waals surface area contributed by atoms with E-state index < -0.39 is 23.9 Å². The standard InChI is InChI=1S/C61H72FN11O6S/c1-6-39-8-7-9-42-23-45(74)24-47(53(39)42)55-54(62)56-48(27-63-55)58(72-30-43-14-15-44(31-72)66-43)68-61(67-56)78-21-20-70-18-16-37(17-19-70)22-38-28-71(29-38)51-26-50(79-69-51)52(34(2)3)60(77)73-32-46(75)25-49(73)59(76)65-35(4)40-10-12-41(13-11-40)57-36(5)64-33-80-57/h7-13,23-24,26-27,33-35,37-38,43-44,46,49,52,66,74-75H,6,14-22,25,28-32H2,1-5H3,(H,65,76)/t35-,43?,44?,46+,49-,52+/m0/s1. The number of rotatable bonds is 17. The number of hydrogen-bond donors (Lipinski definition) is 4. The number of aryl methyl sites for hydroxylation is 2. The number of thiazole rings is 1. The summed E-state index contributed by atoms with van der Waals surface area (Å²) < 4.78 is 29.4. The number of carbonyl (C=O) groups excluding carboxylic acids is 2. The van der Waals surface area contributed by atoms with Crippen LogP contribution >= 0.6 is 11.3 Å². The number of likely N-dealkylation sites (tertiary alicyclic amines) is 2. The Morgan fingerprint density at radius 3 is 2.44 bits per heavy atom. The second-order valence-corrected chi connectivity index (χ2v) is 24.2. The second kappa shape index (κ2) is 22.6. The summed E-state index contributed by atoms with van der Waals surface area (Å²) in [6.07, 6.45) is 7.23. The van der Waals surface area contributed by atoms with Crippen molar-refractivity contribution in [1.29, 1.82) is 0 Å². The van der Waals surface area contributed by atoms with E-state index in [0.717, 1.165) is 116 Å². The third-order valence-electron chi connectivity index (χ3n) is 17.5. The van der Waals surface area contributed by atoms with Crippen molar-refractivity contribution in [3.8, 4) is 33.5 Å². The number of aromatic hydroxyl groups is 1. The van der Waals surface area contributed by atoms with Crippen molar-refractivity contribution in [3.05, 3.63) is 101 Å². The Kier molecular flexibility index (Phi) is 15.2. The van der Waals surface area contributed by atoms with Gasteiger partial charge in [0.15, 0.2) is 17.4 Å². The molecule has 0 saturated carbocycles. The molecule has 2 amide bonds. The smallest absolute Gasteiger partial charge is 0.319 e. The number of fused-ring (bicyclic) bond motifs is 4. The van der Waals surface area contributed by atoms with Crippen LogP contribution < -0.4 is 25.2 Å². The van der Waals surface area contributed by atoms with Crippen LogP contribution in [0.5, 0.6) is 11.8 Å². The number of nitrogens with zero attached hydrogens (tertiary/aromatic N) is 9. The van der Waals surface area contributed by atoms with Crippen LogP contribution in [0.25, 0.3) is 43.4 Å². The van der Waals surface area contributed by atoms with Crippen LogP contribution in [0.1, 0.15) is 101 Å². The van der Waals surface area contributed by atoms with Gasteiger partial charge in [-0.1, -0.05) is 68.4 Å². The lowest BCUT2D eigenvalue weighted by Crippen LogP contribution is -2.51. The molecule has 6 atom stereocenters. The third-order valence-corrected chi connectivity index (χ3v) is 18.5. The lowest BCUT2D eigenvalue weighted by molar-refractivity contribution is -0.141. The number of aliphatic hydroxyl groups excluding tert-OH is 1. The van der Waals surface area contributed by atoms with Gasteiger partial charge in [-0.15, -0.1) is 11.3 Å². The van der Waals surface area contributed by atoms with Gasteiger partial charge in [-0.3, -0.25) is 19.5 Å². The first kappa shape index (κ1) is 53.8. The van der Waals surface area contributed by atoms with E-state index in [4.69, 9.17) is 24.2 Å². The zero-order valence-corrected chi connectivity index (χ0v) is 47.1. The van der Waals surface area contributed by atoms with E-state index in [1.165, 1.54) is 4.90 Å². The van der Waals surface area contributed by atoms with Crippen molar-refractivity contribution in [2.45, 2.75) is 116 Å². The van der Waals surface area contributed by atoms with E-state index in [2.05, 4.69) is 42.4 Å². The molecule has 4 aromatic heterocycles. The highest BCUT2D eigenvalue weighted by Crippen LogP contribution is 2.41. The molecular formula is C61H72FN11O6S. The zero-order valence-electron chi connectivity index (χ0n) is 46.3. The molecular weight excluding hydrogens is 1030 g/mol.